The Labute approximate surface area is 116 Å². The number of carbonyl (C=O) groups excluding carboxylic acids is 1. The van der Waals surface area contributed by atoms with Gasteiger partial charge in [0.1, 0.15) is 17.7 Å². The van der Waals surface area contributed by atoms with Crippen LogP contribution in [0.3, 0.4) is 0 Å². The van der Waals surface area contributed by atoms with Gasteiger partial charge in [0.05, 0.1) is 6.04 Å². The fraction of sp³-hybridized carbons (Fsp3) is 0.533. The summed E-state index contributed by atoms with van der Waals surface area (Å²) >= 11 is 0. The molecule has 1 aliphatic heterocycles. The molecule has 2 aliphatic rings. The van der Waals surface area contributed by atoms with E-state index in [1.165, 1.54) is 6.07 Å². The minimum absolute atomic E-state index is 0.191. The molecule has 0 bridgehead atoms. The monoisotopic (exact) mass is 281 g/mol. The van der Waals surface area contributed by atoms with E-state index >= 15 is 0 Å². The molecule has 1 amide bonds. The molecule has 0 radical (unpaired) electrons. The van der Waals surface area contributed by atoms with Crippen LogP contribution in [0.15, 0.2) is 18.2 Å². The van der Waals surface area contributed by atoms with E-state index in [-0.39, 0.29) is 17.4 Å². The van der Waals surface area contributed by atoms with Crippen molar-refractivity contribution in [1.29, 1.82) is 0 Å². The summed E-state index contributed by atoms with van der Waals surface area (Å²) in [6, 6.07) is 2.92. The van der Waals surface area contributed by atoms with Gasteiger partial charge in [0.15, 0.2) is 0 Å². The van der Waals surface area contributed by atoms with E-state index in [1.807, 2.05) is 0 Å². The summed E-state index contributed by atoms with van der Waals surface area (Å²) in [5.41, 5.74) is 0.235. The molecule has 1 aromatic rings. The average Bonchev–Trinajstić information content (AvgIpc) is 3.12. The summed E-state index contributed by atoms with van der Waals surface area (Å²) in [4.78, 5) is 12.1. The minimum Gasteiger partial charge on any atom is -0.368 e. The second-order valence-electron chi connectivity index (χ2n) is 5.49. The van der Waals surface area contributed by atoms with Crippen LogP contribution in [0.4, 0.5) is 8.78 Å². The predicted octanol–water partition coefficient (Wildman–Crippen LogP) is 2.71. The van der Waals surface area contributed by atoms with Gasteiger partial charge >= 0.3 is 0 Å². The molecule has 2 fully saturated rings. The van der Waals surface area contributed by atoms with E-state index in [9.17, 15) is 13.6 Å². The zero-order valence-corrected chi connectivity index (χ0v) is 11.1. The fourth-order valence-electron chi connectivity index (χ4n) is 2.66. The number of carbonyl (C=O) groups is 1. The molecule has 1 aliphatic carbocycles. The van der Waals surface area contributed by atoms with Crippen LogP contribution in [0.1, 0.15) is 37.3 Å². The number of halogens is 2. The topological polar surface area (TPSA) is 38.3 Å². The highest BCUT2D eigenvalue weighted by atomic mass is 19.1. The van der Waals surface area contributed by atoms with Gasteiger partial charge < -0.3 is 10.1 Å². The van der Waals surface area contributed by atoms with E-state index in [1.54, 1.807) is 0 Å². The molecule has 1 N–H and O–H groups in total. The number of rotatable bonds is 4. The Hall–Kier alpha value is -1.49. The maximum absolute atomic E-state index is 13.9. The Balaban J connectivity index is 1.78. The Morgan fingerprint density at radius 3 is 2.75 bits per heavy atom. The molecule has 5 heteroatoms. The van der Waals surface area contributed by atoms with Crippen molar-refractivity contribution in [2.45, 2.75) is 37.8 Å². The van der Waals surface area contributed by atoms with Crippen molar-refractivity contribution >= 4 is 5.91 Å². The van der Waals surface area contributed by atoms with Crippen LogP contribution in [0, 0.1) is 17.6 Å². The van der Waals surface area contributed by atoms with Crippen molar-refractivity contribution in [3.05, 3.63) is 35.4 Å². The zero-order chi connectivity index (χ0) is 14.1. The standard InChI is InChI=1S/C15H17F2NO2/c16-10-5-6-12(17)11(8-10)14(9-3-4-9)18-15(19)13-2-1-7-20-13/h5-6,8-9,13-14H,1-4,7H2,(H,18,19)/t13-,14-/m1/s1. The van der Waals surface area contributed by atoms with Crippen molar-refractivity contribution in [2.75, 3.05) is 6.61 Å². The molecule has 1 saturated carbocycles. The van der Waals surface area contributed by atoms with E-state index in [0.29, 0.717) is 13.0 Å². The van der Waals surface area contributed by atoms with Gasteiger partial charge in [-0.15, -0.1) is 0 Å². The normalized spacial score (nSPS) is 23.6. The van der Waals surface area contributed by atoms with E-state index < -0.39 is 23.8 Å². The van der Waals surface area contributed by atoms with E-state index in [0.717, 1.165) is 31.4 Å². The number of hydrogen-bond donors (Lipinski definition) is 1. The third kappa shape index (κ3) is 2.82. The van der Waals surface area contributed by atoms with Gasteiger partial charge in [-0.3, -0.25) is 4.79 Å². The third-order valence-electron chi connectivity index (χ3n) is 3.91. The summed E-state index contributed by atoms with van der Waals surface area (Å²) in [5.74, 6) is -0.992. The maximum atomic E-state index is 13.9. The molecule has 108 valence electrons. The molecule has 0 aromatic heterocycles. The molecular formula is C15H17F2NO2. The Bertz CT molecular complexity index is 511. The van der Waals surface area contributed by atoms with Gasteiger partial charge in [-0.25, -0.2) is 8.78 Å². The highest BCUT2D eigenvalue weighted by Gasteiger charge is 2.37. The van der Waals surface area contributed by atoms with Gasteiger partial charge in [-0.2, -0.15) is 0 Å². The zero-order valence-electron chi connectivity index (χ0n) is 11.1. The van der Waals surface area contributed by atoms with Crippen molar-refractivity contribution in [2.24, 2.45) is 5.92 Å². The minimum atomic E-state index is -0.488. The SMILES string of the molecule is O=C(N[C@@H](c1cc(F)ccc1F)C1CC1)[C@H]1CCCO1. The van der Waals surface area contributed by atoms with Gasteiger partial charge in [0.25, 0.3) is 0 Å². The molecule has 20 heavy (non-hydrogen) atoms. The maximum Gasteiger partial charge on any atom is 0.249 e. The molecule has 3 nitrogen and oxygen atoms in total. The molecule has 2 atom stereocenters. The van der Waals surface area contributed by atoms with Crippen molar-refractivity contribution in [3.8, 4) is 0 Å². The number of nitrogens with one attached hydrogen (secondary N) is 1. The summed E-state index contributed by atoms with van der Waals surface area (Å²) in [6.07, 6.45) is 2.95. The van der Waals surface area contributed by atoms with Crippen LogP contribution in [0.2, 0.25) is 0 Å². The summed E-state index contributed by atoms with van der Waals surface area (Å²) in [7, 11) is 0. The molecule has 3 rings (SSSR count). The fourth-order valence-corrected chi connectivity index (χ4v) is 2.66. The van der Waals surface area contributed by atoms with Crippen molar-refractivity contribution in [1.82, 2.24) is 5.32 Å². The molecule has 0 spiro atoms. The first-order chi connectivity index (χ1) is 9.65. The Kier molecular flexibility index (Phi) is 3.70. The average molecular weight is 281 g/mol. The largest absolute Gasteiger partial charge is 0.368 e. The van der Waals surface area contributed by atoms with Crippen LogP contribution >= 0.6 is 0 Å². The lowest BCUT2D eigenvalue weighted by atomic mass is 10.0. The van der Waals surface area contributed by atoms with Crippen LogP contribution in [0.25, 0.3) is 0 Å². The number of hydrogen-bond acceptors (Lipinski definition) is 2. The second-order valence-corrected chi connectivity index (χ2v) is 5.49. The van der Waals surface area contributed by atoms with Gasteiger partial charge in [-0.1, -0.05) is 0 Å². The number of benzene rings is 1. The van der Waals surface area contributed by atoms with Gasteiger partial charge in [-0.05, 0) is 49.8 Å². The smallest absolute Gasteiger partial charge is 0.249 e. The predicted molar refractivity (Wildman–Crippen MR) is 68.9 cm³/mol. The lowest BCUT2D eigenvalue weighted by Crippen LogP contribution is -2.38. The van der Waals surface area contributed by atoms with Crippen molar-refractivity contribution in [3.63, 3.8) is 0 Å². The summed E-state index contributed by atoms with van der Waals surface area (Å²) in [6.45, 7) is 0.584. The van der Waals surface area contributed by atoms with Crippen LogP contribution in [-0.4, -0.2) is 18.6 Å². The first-order valence-electron chi connectivity index (χ1n) is 7.02. The first kappa shape index (κ1) is 13.5. The highest BCUT2D eigenvalue weighted by Crippen LogP contribution is 2.42. The molecule has 0 unspecified atom stereocenters. The van der Waals surface area contributed by atoms with Gasteiger partial charge in [0, 0.05) is 12.2 Å². The molecule has 1 aromatic carbocycles. The molecule has 1 heterocycles. The first-order valence-corrected chi connectivity index (χ1v) is 7.02. The summed E-state index contributed by atoms with van der Waals surface area (Å²) in [5, 5.41) is 2.83. The van der Waals surface area contributed by atoms with Crippen LogP contribution in [0.5, 0.6) is 0 Å². The summed E-state index contributed by atoms with van der Waals surface area (Å²) < 4.78 is 32.5. The number of ether oxygens (including phenoxy) is 1. The number of amides is 1. The quantitative estimate of drug-likeness (QED) is 0.921. The molecular weight excluding hydrogens is 264 g/mol. The van der Waals surface area contributed by atoms with Crippen molar-refractivity contribution < 1.29 is 18.3 Å². The second kappa shape index (κ2) is 5.48. The Morgan fingerprint density at radius 2 is 2.10 bits per heavy atom. The van der Waals surface area contributed by atoms with E-state index in [2.05, 4.69) is 5.32 Å². The lowest BCUT2D eigenvalue weighted by molar-refractivity contribution is -0.131. The highest BCUT2D eigenvalue weighted by molar-refractivity contribution is 5.81. The van der Waals surface area contributed by atoms with Gasteiger partial charge in [0.2, 0.25) is 5.91 Å². The lowest BCUT2D eigenvalue weighted by Gasteiger charge is -2.21. The Morgan fingerprint density at radius 1 is 1.30 bits per heavy atom. The third-order valence-corrected chi connectivity index (χ3v) is 3.91. The van der Waals surface area contributed by atoms with Crippen LogP contribution in [-0.2, 0) is 9.53 Å². The molecule has 1 saturated heterocycles. The van der Waals surface area contributed by atoms with E-state index in [4.69, 9.17) is 4.74 Å². The van der Waals surface area contributed by atoms with Crippen LogP contribution < -0.4 is 5.32 Å².